The smallest absolute Gasteiger partial charge is 0.162 e. The van der Waals surface area contributed by atoms with Crippen LogP contribution in [0.5, 0.6) is 0 Å². The van der Waals surface area contributed by atoms with Gasteiger partial charge in [0.1, 0.15) is 11.1 Å². The maximum Gasteiger partial charge on any atom is 0.162 e. The third-order valence-corrected chi connectivity index (χ3v) is 7.23. The molecule has 0 aliphatic rings. The largest absolute Gasteiger partial charge is 0.454 e. The van der Waals surface area contributed by atoms with Gasteiger partial charge in [0.05, 0.1) is 5.52 Å². The van der Waals surface area contributed by atoms with Crippen molar-refractivity contribution in [2.24, 2.45) is 0 Å². The van der Waals surface area contributed by atoms with Crippen LogP contribution in [0.4, 0.5) is 0 Å². The first kappa shape index (κ1) is 18.7. The van der Waals surface area contributed by atoms with Gasteiger partial charge in [0.25, 0.3) is 0 Å². The summed E-state index contributed by atoms with van der Waals surface area (Å²) in [6.45, 7) is 0. The maximum atomic E-state index is 6.45. The van der Waals surface area contributed by atoms with E-state index in [1.54, 1.807) is 0 Å². The molecule has 0 saturated carbocycles. The lowest BCUT2D eigenvalue weighted by atomic mass is 9.91. The summed E-state index contributed by atoms with van der Waals surface area (Å²) in [6.07, 6.45) is 0. The highest BCUT2D eigenvalue weighted by molar-refractivity contribution is 6.26. The van der Waals surface area contributed by atoms with Crippen molar-refractivity contribution in [2.75, 3.05) is 0 Å². The van der Waals surface area contributed by atoms with Crippen molar-refractivity contribution in [3.8, 4) is 11.1 Å². The van der Waals surface area contributed by atoms with E-state index in [9.17, 15) is 0 Å². The van der Waals surface area contributed by atoms with E-state index in [0.717, 1.165) is 44.1 Å². The summed E-state index contributed by atoms with van der Waals surface area (Å²) in [7, 11) is 0. The number of rotatable bonds is 1. The van der Waals surface area contributed by atoms with Crippen molar-refractivity contribution in [1.29, 1.82) is 0 Å². The number of aromatic nitrogens is 1. The molecule has 2 heteroatoms. The van der Waals surface area contributed by atoms with Gasteiger partial charge >= 0.3 is 0 Å². The number of fused-ring (bicyclic) bond motifs is 10. The van der Waals surface area contributed by atoms with Gasteiger partial charge in [-0.15, -0.1) is 0 Å². The lowest BCUT2D eigenvalue weighted by Gasteiger charge is -2.13. The SMILES string of the molecule is c1ccc2c(-c3ccc4c5ccccc5c5ccccc5c4c3)c3oc4ccccc4c3nc2c1. The van der Waals surface area contributed by atoms with E-state index in [4.69, 9.17) is 9.40 Å². The normalized spacial score (nSPS) is 12.0. The van der Waals surface area contributed by atoms with Crippen LogP contribution in [0.15, 0.2) is 120 Å². The minimum Gasteiger partial charge on any atom is -0.454 e. The Morgan fingerprint density at radius 1 is 0.457 bits per heavy atom. The van der Waals surface area contributed by atoms with Crippen LogP contribution in [-0.2, 0) is 0 Å². The fourth-order valence-corrected chi connectivity index (χ4v) is 5.69. The van der Waals surface area contributed by atoms with Crippen LogP contribution in [0.1, 0.15) is 0 Å². The van der Waals surface area contributed by atoms with Crippen molar-refractivity contribution < 1.29 is 4.42 Å². The molecule has 0 bridgehead atoms. The van der Waals surface area contributed by atoms with Crippen molar-refractivity contribution in [1.82, 2.24) is 4.98 Å². The van der Waals surface area contributed by atoms with Gasteiger partial charge in [0.2, 0.25) is 0 Å². The second-order valence-electron chi connectivity index (χ2n) is 9.13. The molecule has 0 radical (unpaired) electrons. The first-order valence-corrected chi connectivity index (χ1v) is 11.9. The molecule has 0 spiro atoms. The van der Waals surface area contributed by atoms with Gasteiger partial charge in [-0.05, 0) is 62.1 Å². The summed E-state index contributed by atoms with van der Waals surface area (Å²) in [5.74, 6) is 0. The average molecular weight is 446 g/mol. The minimum absolute atomic E-state index is 0.842. The maximum absolute atomic E-state index is 6.45. The predicted molar refractivity (Wildman–Crippen MR) is 147 cm³/mol. The van der Waals surface area contributed by atoms with Crippen LogP contribution in [0.3, 0.4) is 0 Å². The van der Waals surface area contributed by atoms with E-state index in [0.29, 0.717) is 0 Å². The molecule has 0 aliphatic heterocycles. The number of para-hydroxylation sites is 2. The lowest BCUT2D eigenvalue weighted by Crippen LogP contribution is -1.88. The van der Waals surface area contributed by atoms with E-state index >= 15 is 0 Å². The van der Waals surface area contributed by atoms with Crippen LogP contribution in [0.25, 0.3) is 76.4 Å². The van der Waals surface area contributed by atoms with Gasteiger partial charge in [-0.1, -0.05) is 91.0 Å². The number of hydrogen-bond donors (Lipinski definition) is 0. The van der Waals surface area contributed by atoms with Gasteiger partial charge < -0.3 is 4.42 Å². The van der Waals surface area contributed by atoms with E-state index in [1.807, 2.05) is 24.3 Å². The van der Waals surface area contributed by atoms with Gasteiger partial charge in [-0.2, -0.15) is 0 Å². The molecular weight excluding hydrogens is 426 g/mol. The molecule has 0 saturated heterocycles. The molecule has 0 unspecified atom stereocenters. The number of nitrogens with zero attached hydrogens (tertiary/aromatic N) is 1. The molecule has 35 heavy (non-hydrogen) atoms. The van der Waals surface area contributed by atoms with Crippen LogP contribution >= 0.6 is 0 Å². The third kappa shape index (κ3) is 2.57. The number of benzene rings is 6. The highest BCUT2D eigenvalue weighted by Gasteiger charge is 2.18. The fraction of sp³-hybridized carbons (Fsp3) is 0. The van der Waals surface area contributed by atoms with Crippen LogP contribution in [-0.4, -0.2) is 4.98 Å². The molecule has 8 rings (SSSR count). The third-order valence-electron chi connectivity index (χ3n) is 7.23. The molecule has 0 fully saturated rings. The highest BCUT2D eigenvalue weighted by Crippen LogP contribution is 2.42. The monoisotopic (exact) mass is 445 g/mol. The number of hydrogen-bond acceptors (Lipinski definition) is 2. The molecule has 0 atom stereocenters. The molecule has 0 N–H and O–H groups in total. The summed E-state index contributed by atoms with van der Waals surface area (Å²) >= 11 is 0. The van der Waals surface area contributed by atoms with Gasteiger partial charge in [0.15, 0.2) is 5.58 Å². The zero-order chi connectivity index (χ0) is 22.9. The van der Waals surface area contributed by atoms with Crippen molar-refractivity contribution in [3.63, 3.8) is 0 Å². The standard InChI is InChI=1S/C33H19NO/c1-2-11-23-21(9-1)22-10-3-4-12-24(22)28-19-20(17-18-25(23)28)31-26-13-5-7-15-29(26)34-32-27-14-6-8-16-30(27)35-33(31)32/h1-19H. The summed E-state index contributed by atoms with van der Waals surface area (Å²) in [5, 5.41) is 9.78. The van der Waals surface area contributed by atoms with Crippen molar-refractivity contribution in [2.45, 2.75) is 0 Å². The molecule has 8 aromatic rings. The Kier molecular flexibility index (Phi) is 3.69. The Morgan fingerprint density at radius 2 is 1.00 bits per heavy atom. The van der Waals surface area contributed by atoms with E-state index in [-0.39, 0.29) is 0 Å². The lowest BCUT2D eigenvalue weighted by molar-refractivity contribution is 0.670. The van der Waals surface area contributed by atoms with E-state index < -0.39 is 0 Å². The Labute approximate surface area is 201 Å². The van der Waals surface area contributed by atoms with Gasteiger partial charge in [-0.25, -0.2) is 4.98 Å². The van der Waals surface area contributed by atoms with Crippen molar-refractivity contribution >= 4 is 65.3 Å². The zero-order valence-corrected chi connectivity index (χ0v) is 18.8. The summed E-state index contributed by atoms with van der Waals surface area (Å²) in [6, 6.07) is 40.8. The predicted octanol–water partition coefficient (Wildman–Crippen LogP) is 9.26. The highest BCUT2D eigenvalue weighted by atomic mass is 16.3. The van der Waals surface area contributed by atoms with Crippen molar-refractivity contribution in [3.05, 3.63) is 115 Å². The minimum atomic E-state index is 0.842. The van der Waals surface area contributed by atoms with Crippen LogP contribution in [0, 0.1) is 0 Å². The van der Waals surface area contributed by atoms with Gasteiger partial charge in [0, 0.05) is 16.3 Å². The Bertz CT molecular complexity index is 2080. The summed E-state index contributed by atoms with van der Waals surface area (Å²) in [4.78, 5) is 5.01. The van der Waals surface area contributed by atoms with Crippen LogP contribution < -0.4 is 0 Å². The number of pyridine rings is 1. The quantitative estimate of drug-likeness (QED) is 0.235. The first-order valence-electron chi connectivity index (χ1n) is 11.9. The molecular formula is C33H19NO. The zero-order valence-electron chi connectivity index (χ0n) is 18.8. The molecule has 2 nitrogen and oxygen atoms in total. The summed E-state index contributed by atoms with van der Waals surface area (Å²) in [5.41, 5.74) is 5.84. The Balaban J connectivity index is 1.56. The fourth-order valence-electron chi connectivity index (χ4n) is 5.69. The molecule has 2 aromatic heterocycles. The van der Waals surface area contributed by atoms with Gasteiger partial charge in [-0.3, -0.25) is 0 Å². The Hall–Kier alpha value is -4.69. The molecule has 2 heterocycles. The van der Waals surface area contributed by atoms with E-state index in [2.05, 4.69) is 91.0 Å². The summed E-state index contributed by atoms with van der Waals surface area (Å²) < 4.78 is 6.45. The second kappa shape index (κ2) is 6.91. The van der Waals surface area contributed by atoms with Crippen LogP contribution in [0.2, 0.25) is 0 Å². The molecule has 0 amide bonds. The molecule has 162 valence electrons. The Morgan fingerprint density at radius 3 is 1.71 bits per heavy atom. The topological polar surface area (TPSA) is 26.0 Å². The number of furan rings is 1. The first-order chi connectivity index (χ1) is 17.4. The molecule has 0 aliphatic carbocycles. The molecule has 6 aromatic carbocycles. The average Bonchev–Trinajstić information content (AvgIpc) is 3.29. The second-order valence-corrected chi connectivity index (χ2v) is 9.13. The van der Waals surface area contributed by atoms with E-state index in [1.165, 1.54) is 32.3 Å².